The number of anilines is 1. The molecule has 2 heterocycles. The summed E-state index contributed by atoms with van der Waals surface area (Å²) in [5, 5.41) is 11.4. The van der Waals surface area contributed by atoms with Crippen LogP contribution in [-0.4, -0.2) is 22.9 Å². The van der Waals surface area contributed by atoms with Gasteiger partial charge in [0.05, 0.1) is 6.20 Å². The van der Waals surface area contributed by atoms with Crippen molar-refractivity contribution in [3.8, 4) is 0 Å². The van der Waals surface area contributed by atoms with E-state index in [9.17, 15) is 0 Å². The SMILES string of the molecule is C[C@H](NC[C@@H]1CNc2ccnn2C1)c1ccc(Br)cc1. The fourth-order valence-corrected chi connectivity index (χ4v) is 2.80. The van der Waals surface area contributed by atoms with Gasteiger partial charge in [-0.3, -0.25) is 0 Å². The Morgan fingerprint density at radius 1 is 1.40 bits per heavy atom. The molecule has 0 aliphatic carbocycles. The van der Waals surface area contributed by atoms with Crippen molar-refractivity contribution in [1.29, 1.82) is 0 Å². The molecule has 0 fully saturated rings. The van der Waals surface area contributed by atoms with Gasteiger partial charge in [-0.15, -0.1) is 0 Å². The fourth-order valence-electron chi connectivity index (χ4n) is 2.54. The first kappa shape index (κ1) is 13.6. The fraction of sp³-hybridized carbons (Fsp3) is 0.400. The quantitative estimate of drug-likeness (QED) is 0.902. The Balaban J connectivity index is 1.54. The first-order valence-electron chi connectivity index (χ1n) is 6.97. The minimum Gasteiger partial charge on any atom is -0.370 e. The van der Waals surface area contributed by atoms with Gasteiger partial charge in [0.1, 0.15) is 5.82 Å². The molecule has 0 saturated heterocycles. The van der Waals surface area contributed by atoms with E-state index in [1.165, 1.54) is 5.56 Å². The van der Waals surface area contributed by atoms with E-state index in [4.69, 9.17) is 0 Å². The molecule has 0 spiro atoms. The van der Waals surface area contributed by atoms with Crippen LogP contribution in [0.1, 0.15) is 18.5 Å². The van der Waals surface area contributed by atoms with Crippen LogP contribution < -0.4 is 10.6 Å². The molecule has 1 aromatic heterocycles. The van der Waals surface area contributed by atoms with Crippen molar-refractivity contribution in [3.63, 3.8) is 0 Å². The molecular formula is C15H19BrN4. The molecule has 3 rings (SSSR count). The van der Waals surface area contributed by atoms with Gasteiger partial charge in [0.25, 0.3) is 0 Å². The lowest BCUT2D eigenvalue weighted by Gasteiger charge is -2.26. The van der Waals surface area contributed by atoms with Gasteiger partial charge in [-0.1, -0.05) is 28.1 Å². The van der Waals surface area contributed by atoms with Crippen molar-refractivity contribution in [2.75, 3.05) is 18.4 Å². The number of rotatable bonds is 4. The van der Waals surface area contributed by atoms with Gasteiger partial charge in [0.2, 0.25) is 0 Å². The van der Waals surface area contributed by atoms with Crippen LogP contribution in [0.15, 0.2) is 41.0 Å². The van der Waals surface area contributed by atoms with Crippen molar-refractivity contribution in [2.24, 2.45) is 5.92 Å². The van der Waals surface area contributed by atoms with Crippen LogP contribution in [-0.2, 0) is 6.54 Å². The Kier molecular flexibility index (Phi) is 4.08. The maximum Gasteiger partial charge on any atom is 0.124 e. The normalized spacial score (nSPS) is 19.2. The highest BCUT2D eigenvalue weighted by Crippen LogP contribution is 2.19. The number of nitrogens with zero attached hydrogens (tertiary/aromatic N) is 2. The average molecular weight is 335 g/mol. The minimum absolute atomic E-state index is 0.363. The molecule has 0 amide bonds. The van der Waals surface area contributed by atoms with Gasteiger partial charge in [-0.2, -0.15) is 5.10 Å². The van der Waals surface area contributed by atoms with E-state index in [2.05, 4.69) is 62.9 Å². The van der Waals surface area contributed by atoms with Crippen LogP contribution in [0.25, 0.3) is 0 Å². The highest BCUT2D eigenvalue weighted by Gasteiger charge is 2.18. The largest absolute Gasteiger partial charge is 0.370 e. The van der Waals surface area contributed by atoms with Gasteiger partial charge in [0, 0.05) is 42.1 Å². The third-order valence-corrected chi connectivity index (χ3v) is 4.33. The molecule has 0 unspecified atom stereocenters. The first-order chi connectivity index (χ1) is 9.72. The highest BCUT2D eigenvalue weighted by molar-refractivity contribution is 9.10. The van der Waals surface area contributed by atoms with Crippen LogP contribution in [0, 0.1) is 5.92 Å². The topological polar surface area (TPSA) is 41.9 Å². The van der Waals surface area contributed by atoms with Gasteiger partial charge in [0.15, 0.2) is 0 Å². The van der Waals surface area contributed by atoms with E-state index in [0.717, 1.165) is 29.9 Å². The van der Waals surface area contributed by atoms with Crippen LogP contribution in [0.5, 0.6) is 0 Å². The minimum atomic E-state index is 0.363. The molecule has 5 heteroatoms. The summed E-state index contributed by atoms with van der Waals surface area (Å²) in [4.78, 5) is 0. The number of fused-ring (bicyclic) bond motifs is 1. The number of hydrogen-bond acceptors (Lipinski definition) is 3. The smallest absolute Gasteiger partial charge is 0.124 e. The molecule has 2 N–H and O–H groups in total. The van der Waals surface area contributed by atoms with Crippen molar-refractivity contribution < 1.29 is 0 Å². The van der Waals surface area contributed by atoms with Gasteiger partial charge in [-0.25, -0.2) is 4.68 Å². The van der Waals surface area contributed by atoms with Crippen molar-refractivity contribution in [2.45, 2.75) is 19.5 Å². The third-order valence-electron chi connectivity index (χ3n) is 3.80. The molecule has 0 radical (unpaired) electrons. The summed E-state index contributed by atoms with van der Waals surface area (Å²) in [6.07, 6.45) is 1.85. The number of nitrogens with one attached hydrogen (secondary N) is 2. The molecule has 1 aliphatic heterocycles. The first-order valence-corrected chi connectivity index (χ1v) is 7.76. The lowest BCUT2D eigenvalue weighted by molar-refractivity contribution is 0.376. The second-order valence-corrected chi connectivity index (χ2v) is 6.24. The predicted octanol–water partition coefficient (Wildman–Crippen LogP) is 3.04. The molecule has 106 valence electrons. The molecule has 0 bridgehead atoms. The van der Waals surface area contributed by atoms with Gasteiger partial charge < -0.3 is 10.6 Å². The molecule has 0 saturated carbocycles. The molecule has 2 atom stereocenters. The summed E-state index contributed by atoms with van der Waals surface area (Å²) in [6, 6.07) is 10.9. The maximum atomic E-state index is 4.32. The zero-order valence-corrected chi connectivity index (χ0v) is 13.1. The summed E-state index contributed by atoms with van der Waals surface area (Å²) in [5.74, 6) is 1.70. The highest BCUT2D eigenvalue weighted by atomic mass is 79.9. The van der Waals surface area contributed by atoms with E-state index < -0.39 is 0 Å². The van der Waals surface area contributed by atoms with E-state index >= 15 is 0 Å². The summed E-state index contributed by atoms with van der Waals surface area (Å²) < 4.78 is 3.16. The number of halogens is 1. The summed E-state index contributed by atoms with van der Waals surface area (Å²) in [5.41, 5.74) is 1.32. The second kappa shape index (κ2) is 5.97. The monoisotopic (exact) mass is 334 g/mol. The molecule has 2 aromatic rings. The Morgan fingerprint density at radius 3 is 3.00 bits per heavy atom. The van der Waals surface area contributed by atoms with E-state index in [1.54, 1.807) is 0 Å². The van der Waals surface area contributed by atoms with Crippen LogP contribution in [0.2, 0.25) is 0 Å². The van der Waals surface area contributed by atoms with Crippen molar-refractivity contribution in [1.82, 2.24) is 15.1 Å². The van der Waals surface area contributed by atoms with E-state index in [1.807, 2.05) is 16.9 Å². The van der Waals surface area contributed by atoms with Crippen LogP contribution in [0.3, 0.4) is 0 Å². The zero-order valence-electron chi connectivity index (χ0n) is 11.5. The van der Waals surface area contributed by atoms with Gasteiger partial charge in [-0.05, 0) is 24.6 Å². The Bertz CT molecular complexity index is 564. The third kappa shape index (κ3) is 3.04. The lowest BCUT2D eigenvalue weighted by Crippen LogP contribution is -2.36. The van der Waals surface area contributed by atoms with E-state index in [-0.39, 0.29) is 0 Å². The second-order valence-electron chi connectivity index (χ2n) is 5.33. The Labute approximate surface area is 127 Å². The zero-order chi connectivity index (χ0) is 13.9. The summed E-state index contributed by atoms with van der Waals surface area (Å²) >= 11 is 3.47. The number of aromatic nitrogens is 2. The van der Waals surface area contributed by atoms with Crippen molar-refractivity contribution in [3.05, 3.63) is 46.6 Å². The average Bonchev–Trinajstić information content (AvgIpc) is 2.93. The Hall–Kier alpha value is -1.33. The standard InChI is InChI=1S/C15H19BrN4/c1-11(13-2-4-14(16)5-3-13)17-8-12-9-18-15-6-7-19-20(15)10-12/h2-7,11-12,17-18H,8-10H2,1H3/t11-,12+/m0/s1. The molecule has 1 aliphatic rings. The maximum absolute atomic E-state index is 4.32. The molecule has 1 aromatic carbocycles. The number of benzene rings is 1. The molecule has 4 nitrogen and oxygen atoms in total. The van der Waals surface area contributed by atoms with Crippen LogP contribution in [0.4, 0.5) is 5.82 Å². The Morgan fingerprint density at radius 2 is 2.20 bits per heavy atom. The van der Waals surface area contributed by atoms with Crippen LogP contribution >= 0.6 is 15.9 Å². The summed E-state index contributed by atoms with van der Waals surface area (Å²) in [6.45, 7) is 5.18. The van der Waals surface area contributed by atoms with Gasteiger partial charge >= 0.3 is 0 Å². The lowest BCUT2D eigenvalue weighted by atomic mass is 10.1. The molecule has 20 heavy (non-hydrogen) atoms. The number of hydrogen-bond donors (Lipinski definition) is 2. The predicted molar refractivity (Wildman–Crippen MR) is 84.8 cm³/mol. The van der Waals surface area contributed by atoms with E-state index in [0.29, 0.717) is 12.0 Å². The molecular weight excluding hydrogens is 316 g/mol. The summed E-state index contributed by atoms with van der Waals surface area (Å²) in [7, 11) is 0. The van der Waals surface area contributed by atoms with Crippen molar-refractivity contribution >= 4 is 21.7 Å².